The molecule has 5 nitrogen and oxygen atoms in total. The fraction of sp³-hybridized carbons (Fsp3) is 0.273. The first-order valence-electron chi connectivity index (χ1n) is 5.19. The lowest BCUT2D eigenvalue weighted by Crippen LogP contribution is -2.36. The van der Waals surface area contributed by atoms with Crippen LogP contribution in [-0.4, -0.2) is 30.1 Å². The fourth-order valence-corrected chi connectivity index (χ4v) is 1.18. The molecular weight excluding hydrogens is 246 g/mol. The summed E-state index contributed by atoms with van der Waals surface area (Å²) >= 11 is 0. The van der Waals surface area contributed by atoms with Gasteiger partial charge >= 0.3 is 11.8 Å². The largest absolute Gasteiger partial charge is 0.396 e. The maximum Gasteiger partial charge on any atom is 0.313 e. The van der Waals surface area contributed by atoms with E-state index in [-0.39, 0.29) is 18.8 Å². The Morgan fingerprint density at radius 2 is 1.72 bits per heavy atom. The smallest absolute Gasteiger partial charge is 0.313 e. The molecule has 0 unspecified atom stereocenters. The number of hydrogen-bond donors (Lipinski definition) is 3. The molecule has 0 atom stereocenters. The summed E-state index contributed by atoms with van der Waals surface area (Å²) in [5, 5.41) is 12.8. The molecule has 0 aliphatic carbocycles. The molecule has 0 radical (unpaired) electrons. The molecule has 0 fully saturated rings. The summed E-state index contributed by atoms with van der Waals surface area (Å²) in [5.74, 6) is -3.68. The molecular formula is C11H12F2N2O3. The van der Waals surface area contributed by atoms with Crippen molar-refractivity contribution in [3.8, 4) is 0 Å². The molecule has 98 valence electrons. The van der Waals surface area contributed by atoms with Gasteiger partial charge in [0.25, 0.3) is 0 Å². The van der Waals surface area contributed by atoms with Crippen LogP contribution in [-0.2, 0) is 9.59 Å². The van der Waals surface area contributed by atoms with Crippen LogP contribution in [0.4, 0.5) is 14.5 Å². The molecule has 1 aromatic rings. The van der Waals surface area contributed by atoms with E-state index in [1.165, 1.54) is 0 Å². The van der Waals surface area contributed by atoms with Crippen LogP contribution < -0.4 is 10.6 Å². The third kappa shape index (κ3) is 4.46. The van der Waals surface area contributed by atoms with Crippen molar-refractivity contribution in [1.29, 1.82) is 0 Å². The molecule has 0 heterocycles. The minimum atomic E-state index is -1.03. The highest BCUT2D eigenvalue weighted by Crippen LogP contribution is 2.12. The highest BCUT2D eigenvalue weighted by Gasteiger charge is 2.13. The molecule has 0 aliphatic rings. The highest BCUT2D eigenvalue weighted by molar-refractivity contribution is 6.39. The molecule has 0 bridgehead atoms. The Balaban J connectivity index is 2.55. The van der Waals surface area contributed by atoms with Crippen LogP contribution >= 0.6 is 0 Å². The number of rotatable bonds is 4. The second kappa shape index (κ2) is 6.65. The van der Waals surface area contributed by atoms with Gasteiger partial charge in [-0.1, -0.05) is 0 Å². The van der Waals surface area contributed by atoms with E-state index >= 15 is 0 Å². The Hall–Kier alpha value is -2.02. The summed E-state index contributed by atoms with van der Waals surface area (Å²) in [4.78, 5) is 22.5. The van der Waals surface area contributed by atoms with E-state index < -0.39 is 23.4 Å². The van der Waals surface area contributed by atoms with E-state index in [1.807, 2.05) is 0 Å². The highest BCUT2D eigenvalue weighted by atomic mass is 19.1. The first-order chi connectivity index (χ1) is 8.52. The van der Waals surface area contributed by atoms with Crippen molar-refractivity contribution in [2.45, 2.75) is 6.42 Å². The van der Waals surface area contributed by atoms with E-state index in [0.717, 1.165) is 12.1 Å². The molecule has 0 saturated heterocycles. The molecule has 18 heavy (non-hydrogen) atoms. The molecule has 7 heteroatoms. The maximum absolute atomic E-state index is 12.8. The van der Waals surface area contributed by atoms with Gasteiger partial charge in [0.2, 0.25) is 0 Å². The lowest BCUT2D eigenvalue weighted by Gasteiger charge is -2.06. The summed E-state index contributed by atoms with van der Waals surface area (Å²) in [6.07, 6.45) is 0.313. The molecule has 1 aromatic carbocycles. The third-order valence-electron chi connectivity index (χ3n) is 1.95. The number of aliphatic hydroxyl groups excluding tert-OH is 1. The van der Waals surface area contributed by atoms with Gasteiger partial charge in [0.1, 0.15) is 11.6 Å². The van der Waals surface area contributed by atoms with Crippen LogP contribution in [0, 0.1) is 11.6 Å². The molecule has 3 N–H and O–H groups in total. The van der Waals surface area contributed by atoms with Gasteiger partial charge in [0.05, 0.1) is 0 Å². The lowest BCUT2D eigenvalue weighted by molar-refractivity contribution is -0.136. The zero-order chi connectivity index (χ0) is 13.5. The van der Waals surface area contributed by atoms with Crippen molar-refractivity contribution in [1.82, 2.24) is 5.32 Å². The Morgan fingerprint density at radius 1 is 1.11 bits per heavy atom. The zero-order valence-corrected chi connectivity index (χ0v) is 9.37. The van der Waals surface area contributed by atoms with Crippen molar-refractivity contribution in [3.63, 3.8) is 0 Å². The summed E-state index contributed by atoms with van der Waals surface area (Å²) in [6.45, 7) is 0.0251. The van der Waals surface area contributed by atoms with Crippen LogP contribution in [0.1, 0.15) is 6.42 Å². The van der Waals surface area contributed by atoms with Gasteiger partial charge < -0.3 is 15.7 Å². The Labute approximate surface area is 102 Å². The van der Waals surface area contributed by atoms with Crippen LogP contribution in [0.15, 0.2) is 18.2 Å². The summed E-state index contributed by atoms with van der Waals surface area (Å²) < 4.78 is 25.6. The van der Waals surface area contributed by atoms with Crippen LogP contribution in [0.5, 0.6) is 0 Å². The molecule has 0 aromatic heterocycles. The molecule has 1 rings (SSSR count). The van der Waals surface area contributed by atoms with Crippen molar-refractivity contribution < 1.29 is 23.5 Å². The molecule has 2 amide bonds. The number of amides is 2. The minimum Gasteiger partial charge on any atom is -0.396 e. The van der Waals surface area contributed by atoms with Crippen molar-refractivity contribution in [3.05, 3.63) is 29.8 Å². The van der Waals surface area contributed by atoms with Gasteiger partial charge in [-0.15, -0.1) is 0 Å². The van der Waals surface area contributed by atoms with Gasteiger partial charge in [-0.2, -0.15) is 0 Å². The lowest BCUT2D eigenvalue weighted by atomic mass is 10.3. The quantitative estimate of drug-likeness (QED) is 0.540. The second-order valence-electron chi connectivity index (χ2n) is 3.45. The number of hydrogen-bond acceptors (Lipinski definition) is 3. The number of nitrogens with one attached hydrogen (secondary N) is 2. The first kappa shape index (κ1) is 14.0. The van der Waals surface area contributed by atoms with Gasteiger partial charge in [-0.25, -0.2) is 8.78 Å². The van der Waals surface area contributed by atoms with Crippen LogP contribution in [0.25, 0.3) is 0 Å². The van der Waals surface area contributed by atoms with E-state index in [1.54, 1.807) is 0 Å². The average Bonchev–Trinajstić information content (AvgIpc) is 2.27. The van der Waals surface area contributed by atoms with E-state index in [0.29, 0.717) is 12.5 Å². The van der Waals surface area contributed by atoms with Crippen molar-refractivity contribution >= 4 is 17.5 Å². The zero-order valence-electron chi connectivity index (χ0n) is 9.37. The predicted octanol–water partition coefficient (Wildman–Crippen LogP) is 0.402. The van der Waals surface area contributed by atoms with Crippen molar-refractivity contribution in [2.75, 3.05) is 18.5 Å². The summed E-state index contributed by atoms with van der Waals surface area (Å²) in [5.41, 5.74) is -0.144. The van der Waals surface area contributed by atoms with E-state index in [9.17, 15) is 18.4 Å². The number of anilines is 1. The minimum absolute atomic E-state index is 0.114. The average molecular weight is 258 g/mol. The first-order valence-corrected chi connectivity index (χ1v) is 5.19. The van der Waals surface area contributed by atoms with E-state index in [4.69, 9.17) is 5.11 Å². The number of carbonyl (C=O) groups is 2. The number of aliphatic hydroxyl groups is 1. The molecule has 0 aliphatic heterocycles. The fourth-order valence-electron chi connectivity index (χ4n) is 1.18. The maximum atomic E-state index is 12.8. The molecule has 0 saturated carbocycles. The van der Waals surface area contributed by atoms with E-state index in [2.05, 4.69) is 10.6 Å². The van der Waals surface area contributed by atoms with Crippen molar-refractivity contribution in [2.24, 2.45) is 0 Å². The molecule has 0 spiro atoms. The van der Waals surface area contributed by atoms with Gasteiger partial charge in [0.15, 0.2) is 0 Å². The Morgan fingerprint density at radius 3 is 2.28 bits per heavy atom. The van der Waals surface area contributed by atoms with Crippen LogP contribution in [0.2, 0.25) is 0 Å². The Kier molecular flexibility index (Phi) is 5.19. The number of carbonyl (C=O) groups excluding carboxylic acids is 2. The monoisotopic (exact) mass is 258 g/mol. The van der Waals surface area contributed by atoms with Gasteiger partial charge in [0, 0.05) is 24.9 Å². The van der Waals surface area contributed by atoms with Gasteiger partial charge in [-0.05, 0) is 18.6 Å². The second-order valence-corrected chi connectivity index (χ2v) is 3.45. The summed E-state index contributed by atoms with van der Waals surface area (Å²) in [7, 11) is 0. The topological polar surface area (TPSA) is 78.4 Å². The Bertz CT molecular complexity index is 432. The van der Waals surface area contributed by atoms with Crippen LogP contribution in [0.3, 0.4) is 0 Å². The predicted molar refractivity (Wildman–Crippen MR) is 59.7 cm³/mol. The third-order valence-corrected chi connectivity index (χ3v) is 1.95. The standard InChI is InChI=1S/C11H12F2N2O3/c12-7-4-8(13)6-9(5-7)15-11(18)10(17)14-2-1-3-16/h4-6,16H,1-3H2,(H,14,17)(H,15,18). The summed E-state index contributed by atoms with van der Waals surface area (Å²) in [6, 6.07) is 2.43. The SMILES string of the molecule is O=C(NCCCO)C(=O)Nc1cc(F)cc(F)c1. The van der Waals surface area contributed by atoms with Gasteiger partial charge in [-0.3, -0.25) is 9.59 Å². The number of halogens is 2. The normalized spacial score (nSPS) is 9.94. The number of benzene rings is 1.